The van der Waals surface area contributed by atoms with Crippen molar-refractivity contribution in [3.05, 3.63) is 0 Å². The summed E-state index contributed by atoms with van der Waals surface area (Å²) in [4.78, 5) is 0. The number of ether oxygens (including phenoxy) is 14. The highest BCUT2D eigenvalue weighted by Crippen LogP contribution is 2.03. The van der Waals surface area contributed by atoms with Gasteiger partial charge in [0.15, 0.2) is 0 Å². The molecule has 4 saturated heterocycles. The smallest absolute Gasteiger partial charge is 0.147 e. The van der Waals surface area contributed by atoms with Crippen molar-refractivity contribution in [1.29, 1.82) is 0 Å². The second-order valence-electron chi connectivity index (χ2n) is 11.5. The average molecular weight is 865 g/mol. The third-order valence-electron chi connectivity index (χ3n) is 6.53. The zero-order valence-electron chi connectivity index (χ0n) is 33.1. The van der Waals surface area contributed by atoms with Crippen LogP contribution in [0, 0.1) is 0 Å². The van der Waals surface area contributed by atoms with E-state index in [1.807, 2.05) is 0 Å². The first-order valence-corrected chi connectivity index (χ1v) is 18.4. The number of hydrogen-bond donors (Lipinski definition) is 8. The lowest BCUT2D eigenvalue weighted by Crippen LogP contribution is -2.28. The summed E-state index contributed by atoms with van der Waals surface area (Å²) in [5.41, 5.74) is 0. The fourth-order valence-corrected chi connectivity index (χ4v) is 3.51. The highest BCUT2D eigenvalue weighted by molar-refractivity contribution is 4.71. The molecule has 0 bridgehead atoms. The van der Waals surface area contributed by atoms with Gasteiger partial charge in [-0.3, -0.25) is 0 Å². The molecule has 4 aliphatic rings. The van der Waals surface area contributed by atoms with Crippen molar-refractivity contribution in [2.75, 3.05) is 186 Å². The molecule has 8 N–H and O–H groups in total. The lowest BCUT2D eigenvalue weighted by atomic mass is 10.3. The topological polar surface area (TPSA) is 291 Å². The molecule has 0 aromatic heterocycles. The highest BCUT2D eigenvalue weighted by atomic mass is 16.7. The van der Waals surface area contributed by atoms with Gasteiger partial charge in [0.25, 0.3) is 0 Å². The molecule has 22 nitrogen and oxygen atoms in total. The normalized spacial score (nSPS) is 22.9. The SMILES string of the molecule is C.C.COCCO.COCCOCCOCCOCC(O)CO.OC1COCOC1.OCC1COCCOCCOCCO1.OCC1COCO1.O[C@@H]1COC[C@@H]1O. The minimum absolute atomic E-state index is 0. The predicted molar refractivity (Wildman–Crippen MR) is 208 cm³/mol. The first-order valence-electron chi connectivity index (χ1n) is 18.4. The molecule has 5 atom stereocenters. The number of aliphatic hydroxyl groups excluding tert-OH is 8. The van der Waals surface area contributed by atoms with E-state index < -0.39 is 24.4 Å². The van der Waals surface area contributed by atoms with Gasteiger partial charge in [-0.15, -0.1) is 0 Å². The molecule has 4 heterocycles. The first-order chi connectivity index (χ1) is 27.3. The van der Waals surface area contributed by atoms with E-state index >= 15 is 0 Å². The lowest BCUT2D eigenvalue weighted by molar-refractivity contribution is -0.150. The van der Waals surface area contributed by atoms with Gasteiger partial charge in [0.05, 0.1) is 159 Å². The maximum Gasteiger partial charge on any atom is 0.147 e. The van der Waals surface area contributed by atoms with E-state index in [9.17, 15) is 0 Å². The van der Waals surface area contributed by atoms with E-state index in [0.717, 1.165) is 0 Å². The van der Waals surface area contributed by atoms with Crippen LogP contribution >= 0.6 is 0 Å². The van der Waals surface area contributed by atoms with Crippen molar-refractivity contribution in [3.8, 4) is 0 Å². The maximum atomic E-state index is 8.93. The third-order valence-corrected chi connectivity index (χ3v) is 6.53. The summed E-state index contributed by atoms with van der Waals surface area (Å²) in [5, 5.41) is 68.5. The van der Waals surface area contributed by atoms with E-state index in [4.69, 9.17) is 97.7 Å². The van der Waals surface area contributed by atoms with Gasteiger partial charge in [-0.05, 0) is 0 Å². The Morgan fingerprint density at radius 3 is 1.34 bits per heavy atom. The zero-order chi connectivity index (χ0) is 41.7. The number of aliphatic hydroxyl groups is 8. The fraction of sp³-hybridized carbons (Fsp3) is 1.00. The number of methoxy groups -OCH3 is 2. The Morgan fingerprint density at radius 1 is 0.500 bits per heavy atom. The Balaban J connectivity index is -0.000000314. The summed E-state index contributed by atoms with van der Waals surface area (Å²) in [7, 11) is 3.17. The van der Waals surface area contributed by atoms with Crippen LogP contribution in [0.3, 0.4) is 0 Å². The second-order valence-corrected chi connectivity index (χ2v) is 11.5. The molecule has 58 heavy (non-hydrogen) atoms. The molecule has 4 fully saturated rings. The molecular weight excluding hydrogens is 784 g/mol. The molecule has 0 saturated carbocycles. The fourth-order valence-electron chi connectivity index (χ4n) is 3.51. The Hall–Kier alpha value is -0.880. The standard InChI is InChI=1S/C10H22O6.C9H18O5.3C4H8O3.C3H8O2.2CH4/c1-13-2-3-14-4-5-15-6-7-16-9-10(12)8-11;10-7-9-8-13-4-3-11-1-2-12-5-6-14-9;5-4-1-6-3-7-2-4;5-1-4-2-6-3-7-4;5-3-1-7-2-4(3)6;1-5-3-2-4;;/h10-12H,2-9H2,1H3;9-10H,1-8H2;2*4-5H,1-3H2;3-6H,1-2H2;4H,2-3H2,1H3;2*1H4/t;;;;3-,4+;;;. The van der Waals surface area contributed by atoms with Crippen LogP contribution in [0.2, 0.25) is 0 Å². The molecule has 356 valence electrons. The van der Waals surface area contributed by atoms with Gasteiger partial charge in [-0.1, -0.05) is 14.9 Å². The average Bonchev–Trinajstić information content (AvgIpc) is 3.89. The van der Waals surface area contributed by atoms with Crippen molar-refractivity contribution in [3.63, 3.8) is 0 Å². The molecule has 4 rings (SSSR count). The predicted octanol–water partition coefficient (Wildman–Crippen LogP) is -3.20. The van der Waals surface area contributed by atoms with Crippen molar-refractivity contribution in [1.82, 2.24) is 0 Å². The molecule has 22 heteroatoms. The minimum Gasteiger partial charge on any atom is -0.394 e. The van der Waals surface area contributed by atoms with Gasteiger partial charge in [0.1, 0.15) is 50.2 Å². The Morgan fingerprint density at radius 2 is 0.966 bits per heavy atom. The summed E-state index contributed by atoms with van der Waals surface area (Å²) in [6.45, 7) is 9.76. The van der Waals surface area contributed by atoms with Gasteiger partial charge >= 0.3 is 0 Å². The van der Waals surface area contributed by atoms with Crippen molar-refractivity contribution in [2.24, 2.45) is 0 Å². The van der Waals surface area contributed by atoms with Crippen molar-refractivity contribution < 1.29 is 107 Å². The molecule has 0 amide bonds. The molecule has 3 unspecified atom stereocenters. The summed E-state index contributed by atoms with van der Waals surface area (Å²) >= 11 is 0. The molecule has 0 aliphatic carbocycles. The van der Waals surface area contributed by atoms with Gasteiger partial charge < -0.3 is 107 Å². The lowest BCUT2D eigenvalue weighted by Gasteiger charge is -2.17. The highest BCUT2D eigenvalue weighted by Gasteiger charge is 2.22. The van der Waals surface area contributed by atoms with E-state index in [1.54, 1.807) is 14.2 Å². The Kier molecular flexibility index (Phi) is 57.4. The number of rotatable bonds is 16. The van der Waals surface area contributed by atoms with Crippen LogP contribution in [-0.2, 0) is 66.3 Å². The second kappa shape index (κ2) is 52.3. The monoisotopic (exact) mass is 865 g/mol. The summed E-state index contributed by atoms with van der Waals surface area (Å²) in [6, 6.07) is 0. The van der Waals surface area contributed by atoms with Gasteiger partial charge in [0, 0.05) is 14.2 Å². The van der Waals surface area contributed by atoms with Crippen LogP contribution in [0.25, 0.3) is 0 Å². The number of hydrogen-bond acceptors (Lipinski definition) is 22. The van der Waals surface area contributed by atoms with E-state index in [-0.39, 0.29) is 73.3 Å². The maximum absolute atomic E-state index is 8.93. The minimum atomic E-state index is -0.808. The Labute approximate surface area is 344 Å². The first kappa shape index (κ1) is 63.8. The summed E-state index contributed by atoms with van der Waals surface area (Å²) in [6.07, 6.45) is -2.84. The third kappa shape index (κ3) is 47.8. The summed E-state index contributed by atoms with van der Waals surface area (Å²) < 4.78 is 69.4. The summed E-state index contributed by atoms with van der Waals surface area (Å²) in [5.74, 6) is 0. The molecular formula is C36H80O22. The van der Waals surface area contributed by atoms with Crippen molar-refractivity contribution >= 4 is 0 Å². The van der Waals surface area contributed by atoms with E-state index in [0.29, 0.717) is 126 Å². The molecule has 0 radical (unpaired) electrons. The van der Waals surface area contributed by atoms with Gasteiger partial charge in [-0.2, -0.15) is 0 Å². The van der Waals surface area contributed by atoms with Crippen LogP contribution in [0.1, 0.15) is 14.9 Å². The van der Waals surface area contributed by atoms with E-state index in [2.05, 4.69) is 9.47 Å². The van der Waals surface area contributed by atoms with Gasteiger partial charge in [-0.25, -0.2) is 0 Å². The van der Waals surface area contributed by atoms with Crippen LogP contribution in [0.5, 0.6) is 0 Å². The van der Waals surface area contributed by atoms with Gasteiger partial charge in [0.2, 0.25) is 0 Å². The van der Waals surface area contributed by atoms with E-state index in [1.165, 1.54) is 0 Å². The van der Waals surface area contributed by atoms with Crippen LogP contribution in [0.4, 0.5) is 0 Å². The molecule has 0 aromatic rings. The molecule has 0 aromatic carbocycles. The van der Waals surface area contributed by atoms with Crippen LogP contribution in [-0.4, -0.2) is 264 Å². The molecule has 4 aliphatic heterocycles. The Bertz CT molecular complexity index is 701. The molecule has 0 spiro atoms. The van der Waals surface area contributed by atoms with Crippen LogP contribution < -0.4 is 0 Å². The van der Waals surface area contributed by atoms with Crippen LogP contribution in [0.15, 0.2) is 0 Å². The largest absolute Gasteiger partial charge is 0.394 e. The quantitative estimate of drug-likeness (QED) is 0.0709. The van der Waals surface area contributed by atoms with Crippen molar-refractivity contribution in [2.45, 2.75) is 51.5 Å². The zero-order valence-corrected chi connectivity index (χ0v) is 33.1.